The third kappa shape index (κ3) is 3.32. The number of hydrogen-bond acceptors (Lipinski definition) is 5. The molecule has 0 aromatic carbocycles. The fourth-order valence-corrected chi connectivity index (χ4v) is 4.07. The summed E-state index contributed by atoms with van der Waals surface area (Å²) in [6, 6.07) is 8.16. The van der Waals surface area contributed by atoms with E-state index in [0.29, 0.717) is 6.10 Å². The Balaban J connectivity index is 1.56. The maximum absolute atomic E-state index is 5.66. The maximum atomic E-state index is 5.66. The summed E-state index contributed by atoms with van der Waals surface area (Å²) in [5, 5.41) is 6.48. The second-order valence-corrected chi connectivity index (χ2v) is 7.22. The predicted octanol–water partition coefficient (Wildman–Crippen LogP) is 4.20. The molecule has 0 radical (unpaired) electrons. The first-order valence-corrected chi connectivity index (χ1v) is 9.52. The van der Waals surface area contributed by atoms with E-state index in [4.69, 9.17) is 9.72 Å². The van der Waals surface area contributed by atoms with Crippen LogP contribution in [0.3, 0.4) is 0 Å². The number of anilines is 1. The van der Waals surface area contributed by atoms with Crippen molar-refractivity contribution in [1.82, 2.24) is 14.5 Å². The zero-order valence-electron chi connectivity index (χ0n) is 14.5. The first-order valence-electron chi connectivity index (χ1n) is 8.64. The first kappa shape index (κ1) is 16.3. The fraction of sp³-hybridized carbons (Fsp3) is 0.368. The summed E-state index contributed by atoms with van der Waals surface area (Å²) >= 11 is 1.64. The Morgan fingerprint density at radius 2 is 2.28 bits per heavy atom. The van der Waals surface area contributed by atoms with Crippen molar-refractivity contribution >= 4 is 16.5 Å². The normalized spacial score (nSPS) is 17.1. The molecule has 0 unspecified atom stereocenters. The largest absolute Gasteiger partial charge is 0.376 e. The van der Waals surface area contributed by atoms with Gasteiger partial charge in [-0.15, -0.1) is 11.3 Å². The number of nitrogens with one attached hydrogen (secondary N) is 1. The average molecular weight is 354 g/mol. The van der Waals surface area contributed by atoms with E-state index in [1.165, 1.54) is 0 Å². The monoisotopic (exact) mass is 354 g/mol. The molecule has 5 nitrogen and oxygen atoms in total. The van der Waals surface area contributed by atoms with Crippen molar-refractivity contribution < 1.29 is 4.74 Å². The predicted molar refractivity (Wildman–Crippen MR) is 102 cm³/mol. The van der Waals surface area contributed by atoms with E-state index in [1.54, 1.807) is 11.3 Å². The lowest BCUT2D eigenvalue weighted by Crippen LogP contribution is -2.18. The molecule has 1 aliphatic heterocycles. The van der Waals surface area contributed by atoms with E-state index in [2.05, 4.69) is 40.2 Å². The number of rotatable bonds is 5. The van der Waals surface area contributed by atoms with E-state index in [-0.39, 0.29) is 0 Å². The number of pyridine rings is 1. The van der Waals surface area contributed by atoms with Gasteiger partial charge >= 0.3 is 0 Å². The van der Waals surface area contributed by atoms with Crippen LogP contribution in [-0.2, 0) is 4.74 Å². The zero-order chi connectivity index (χ0) is 17.2. The molecule has 25 heavy (non-hydrogen) atoms. The van der Waals surface area contributed by atoms with Crippen LogP contribution >= 0.6 is 11.3 Å². The Morgan fingerprint density at radius 3 is 3.04 bits per heavy atom. The van der Waals surface area contributed by atoms with Crippen molar-refractivity contribution in [2.75, 3.05) is 18.5 Å². The van der Waals surface area contributed by atoms with Gasteiger partial charge in [-0.05, 0) is 44.9 Å². The van der Waals surface area contributed by atoms with Gasteiger partial charge in [0.25, 0.3) is 0 Å². The Morgan fingerprint density at radius 1 is 1.36 bits per heavy atom. The SMILES string of the molecule is Cc1cc(-c2csc(NC[C@@H]3CCCO3)n2)c(C)n1-c1ccccn1. The summed E-state index contributed by atoms with van der Waals surface area (Å²) < 4.78 is 7.83. The van der Waals surface area contributed by atoms with E-state index < -0.39 is 0 Å². The highest BCUT2D eigenvalue weighted by Gasteiger charge is 2.17. The molecule has 4 heterocycles. The van der Waals surface area contributed by atoms with Crippen LogP contribution in [0.15, 0.2) is 35.8 Å². The molecule has 0 spiro atoms. The number of hydrogen-bond donors (Lipinski definition) is 1. The molecule has 0 bridgehead atoms. The van der Waals surface area contributed by atoms with Crippen LogP contribution in [-0.4, -0.2) is 33.8 Å². The summed E-state index contributed by atoms with van der Waals surface area (Å²) in [6.45, 7) is 5.94. The Hall–Kier alpha value is -2.18. The lowest BCUT2D eigenvalue weighted by Gasteiger charge is -2.09. The summed E-state index contributed by atoms with van der Waals surface area (Å²) in [5.41, 5.74) is 4.49. The van der Waals surface area contributed by atoms with E-state index >= 15 is 0 Å². The molecule has 0 aliphatic carbocycles. The van der Waals surface area contributed by atoms with Gasteiger partial charge in [0.2, 0.25) is 0 Å². The van der Waals surface area contributed by atoms with Gasteiger partial charge in [0.1, 0.15) is 5.82 Å². The number of thiazole rings is 1. The molecule has 4 rings (SSSR count). The van der Waals surface area contributed by atoms with Crippen LogP contribution in [0.4, 0.5) is 5.13 Å². The van der Waals surface area contributed by atoms with Gasteiger partial charge in [-0.2, -0.15) is 0 Å². The van der Waals surface area contributed by atoms with E-state index in [1.807, 2.05) is 24.4 Å². The Labute approximate surface area is 151 Å². The van der Waals surface area contributed by atoms with E-state index in [0.717, 1.165) is 59.6 Å². The highest BCUT2D eigenvalue weighted by molar-refractivity contribution is 7.14. The minimum atomic E-state index is 0.321. The zero-order valence-corrected chi connectivity index (χ0v) is 15.3. The lowest BCUT2D eigenvalue weighted by molar-refractivity contribution is 0.120. The standard InChI is InChI=1S/C19H22N4OS/c1-13-10-16(14(2)23(13)18-7-3-4-8-20-18)17-12-25-19(22-17)21-11-15-6-5-9-24-15/h3-4,7-8,10,12,15H,5-6,9,11H2,1-2H3,(H,21,22)/t15-/m0/s1. The summed E-state index contributed by atoms with van der Waals surface area (Å²) in [7, 11) is 0. The average Bonchev–Trinajstić information content (AvgIpc) is 3.35. The molecule has 1 saturated heterocycles. The van der Waals surface area contributed by atoms with E-state index in [9.17, 15) is 0 Å². The second kappa shape index (κ2) is 6.98. The van der Waals surface area contributed by atoms with Gasteiger partial charge in [0.05, 0.1) is 11.8 Å². The van der Waals surface area contributed by atoms with Gasteiger partial charge in [-0.25, -0.2) is 9.97 Å². The third-order valence-electron chi connectivity index (χ3n) is 4.59. The second-order valence-electron chi connectivity index (χ2n) is 6.36. The van der Waals surface area contributed by atoms with Crippen LogP contribution in [0.1, 0.15) is 24.2 Å². The number of nitrogens with zero attached hydrogens (tertiary/aromatic N) is 3. The Bertz CT molecular complexity index is 850. The van der Waals surface area contributed by atoms with Crippen LogP contribution in [0, 0.1) is 13.8 Å². The molecule has 1 aliphatic rings. The minimum Gasteiger partial charge on any atom is -0.376 e. The van der Waals surface area contributed by atoms with Gasteiger partial charge in [0.15, 0.2) is 5.13 Å². The molecule has 1 fully saturated rings. The smallest absolute Gasteiger partial charge is 0.183 e. The van der Waals surface area contributed by atoms with Crippen molar-refractivity contribution in [2.24, 2.45) is 0 Å². The summed E-state index contributed by atoms with van der Waals surface area (Å²) in [5.74, 6) is 0.940. The first-order chi connectivity index (χ1) is 12.2. The minimum absolute atomic E-state index is 0.321. The van der Waals surface area contributed by atoms with Gasteiger partial charge in [-0.3, -0.25) is 0 Å². The molecular formula is C19H22N4OS. The van der Waals surface area contributed by atoms with Crippen molar-refractivity contribution in [3.63, 3.8) is 0 Å². The fourth-order valence-electron chi connectivity index (χ4n) is 3.35. The van der Waals surface area contributed by atoms with Crippen LogP contribution in [0.5, 0.6) is 0 Å². The lowest BCUT2D eigenvalue weighted by atomic mass is 10.2. The van der Waals surface area contributed by atoms with Crippen molar-refractivity contribution in [3.8, 4) is 17.1 Å². The molecule has 6 heteroatoms. The van der Waals surface area contributed by atoms with Crippen LogP contribution in [0.25, 0.3) is 17.1 Å². The molecular weight excluding hydrogens is 332 g/mol. The molecule has 1 atom stereocenters. The van der Waals surface area contributed by atoms with Gasteiger partial charge in [-0.1, -0.05) is 6.07 Å². The molecule has 0 amide bonds. The number of aryl methyl sites for hydroxylation is 1. The molecule has 0 saturated carbocycles. The molecule has 1 N–H and O–H groups in total. The third-order valence-corrected chi connectivity index (χ3v) is 5.39. The van der Waals surface area contributed by atoms with Crippen LogP contribution < -0.4 is 5.32 Å². The topological polar surface area (TPSA) is 52.0 Å². The number of aromatic nitrogens is 3. The molecule has 3 aromatic heterocycles. The quantitative estimate of drug-likeness (QED) is 0.746. The van der Waals surface area contributed by atoms with Crippen molar-refractivity contribution in [3.05, 3.63) is 47.2 Å². The van der Waals surface area contributed by atoms with Crippen molar-refractivity contribution in [1.29, 1.82) is 0 Å². The van der Waals surface area contributed by atoms with Gasteiger partial charge in [0, 0.05) is 41.7 Å². The summed E-state index contributed by atoms with van der Waals surface area (Å²) in [4.78, 5) is 9.24. The molecule has 130 valence electrons. The van der Waals surface area contributed by atoms with Crippen molar-refractivity contribution in [2.45, 2.75) is 32.8 Å². The highest BCUT2D eigenvalue weighted by atomic mass is 32.1. The number of ether oxygens (including phenoxy) is 1. The maximum Gasteiger partial charge on any atom is 0.183 e. The molecule has 3 aromatic rings. The van der Waals surface area contributed by atoms with Gasteiger partial charge < -0.3 is 14.6 Å². The summed E-state index contributed by atoms with van der Waals surface area (Å²) in [6.07, 6.45) is 4.44. The highest BCUT2D eigenvalue weighted by Crippen LogP contribution is 2.31. The van der Waals surface area contributed by atoms with Crippen LogP contribution in [0.2, 0.25) is 0 Å². The Kier molecular flexibility index (Phi) is 4.55.